The van der Waals surface area contributed by atoms with Gasteiger partial charge < -0.3 is 20.5 Å². The van der Waals surface area contributed by atoms with Gasteiger partial charge in [-0.25, -0.2) is 14.2 Å². The lowest BCUT2D eigenvalue weighted by molar-refractivity contribution is -0.384. The van der Waals surface area contributed by atoms with E-state index in [1.807, 2.05) is 13.8 Å². The average molecular weight is 520 g/mol. The van der Waals surface area contributed by atoms with Gasteiger partial charge in [-0.2, -0.15) is 0 Å². The topological polar surface area (TPSA) is 158 Å². The molecule has 2 atom stereocenters. The van der Waals surface area contributed by atoms with Gasteiger partial charge in [-0.3, -0.25) is 20.1 Å². The van der Waals surface area contributed by atoms with E-state index in [1.54, 1.807) is 0 Å². The monoisotopic (exact) mass is 519 g/mol. The lowest BCUT2D eigenvalue weighted by atomic mass is 10.1. The number of nitro groups is 1. The Labute approximate surface area is 208 Å². The standard InChI is InChI=1S/C21H34FN5O7S/c1-15(2)10-11-25(27(33)35-19-8-6-17(7-9-19)26(31)32)18(14-28)5-4-16(22)12-23-20(29)13-24-21(30)34-3/h6-9,15-16,18,28,33H,4-5,10-14H2,1-3H3,(H,23,29)(H,24,30). The molecule has 0 aliphatic heterocycles. The van der Waals surface area contributed by atoms with Crippen LogP contribution in [0.2, 0.25) is 0 Å². The van der Waals surface area contributed by atoms with Crippen LogP contribution < -0.4 is 10.6 Å². The number of methoxy groups -OCH3 is 1. The largest absolute Gasteiger partial charge is 0.453 e. The van der Waals surface area contributed by atoms with Crippen molar-refractivity contribution in [2.24, 2.45) is 5.92 Å². The normalized spacial score (nSPS) is 13.1. The molecule has 0 spiro atoms. The van der Waals surface area contributed by atoms with Gasteiger partial charge in [0.25, 0.3) is 5.69 Å². The van der Waals surface area contributed by atoms with Gasteiger partial charge in [0.2, 0.25) is 5.91 Å². The molecule has 35 heavy (non-hydrogen) atoms. The summed E-state index contributed by atoms with van der Waals surface area (Å²) in [6, 6.07) is 5.02. The molecule has 0 fully saturated rings. The zero-order valence-corrected chi connectivity index (χ0v) is 20.9. The number of carbonyl (C=O) groups excluding carboxylic acids is 2. The minimum Gasteiger partial charge on any atom is -0.453 e. The van der Waals surface area contributed by atoms with E-state index >= 15 is 0 Å². The lowest BCUT2D eigenvalue weighted by Gasteiger charge is -2.35. The first kappa shape index (κ1) is 30.5. The number of rotatable bonds is 16. The third-order valence-electron chi connectivity index (χ3n) is 4.93. The van der Waals surface area contributed by atoms with Crippen LogP contribution in [0.4, 0.5) is 14.9 Å². The number of alkyl halides is 1. The molecule has 0 heterocycles. The third-order valence-corrected chi connectivity index (χ3v) is 5.79. The number of ether oxygens (including phenoxy) is 1. The van der Waals surface area contributed by atoms with Gasteiger partial charge in [-0.05, 0) is 37.3 Å². The highest BCUT2D eigenvalue weighted by molar-refractivity contribution is 7.96. The Morgan fingerprint density at radius 2 is 1.86 bits per heavy atom. The number of amides is 2. The fraction of sp³-hybridized carbons (Fsp3) is 0.619. The van der Waals surface area contributed by atoms with Gasteiger partial charge in [0.1, 0.15) is 6.17 Å². The molecule has 198 valence electrons. The Hall–Kier alpha value is -2.52. The number of nitro benzene ring substituents is 1. The molecule has 0 aromatic heterocycles. The van der Waals surface area contributed by atoms with Gasteiger partial charge in [0.15, 0.2) is 0 Å². The van der Waals surface area contributed by atoms with Gasteiger partial charge in [-0.1, -0.05) is 18.4 Å². The molecular weight excluding hydrogens is 485 g/mol. The minimum absolute atomic E-state index is 0.00412. The average Bonchev–Trinajstić information content (AvgIpc) is 2.83. The van der Waals surface area contributed by atoms with Crippen LogP contribution in [-0.2, 0) is 9.53 Å². The number of aliphatic hydroxyl groups excluding tert-OH is 1. The van der Waals surface area contributed by atoms with Crippen LogP contribution in [0.3, 0.4) is 0 Å². The van der Waals surface area contributed by atoms with E-state index in [1.165, 1.54) is 29.3 Å². The molecule has 2 amide bonds. The Morgan fingerprint density at radius 1 is 1.20 bits per heavy atom. The number of hydrogen-bond donors (Lipinski definition) is 4. The number of non-ortho nitro benzene ring substituents is 1. The van der Waals surface area contributed by atoms with E-state index in [0.717, 1.165) is 23.6 Å². The van der Waals surface area contributed by atoms with Crippen molar-refractivity contribution in [2.45, 2.75) is 50.2 Å². The molecule has 4 N–H and O–H groups in total. The molecular formula is C21H34FN5O7S. The van der Waals surface area contributed by atoms with Crippen LogP contribution in [0, 0.1) is 16.0 Å². The van der Waals surface area contributed by atoms with Crippen molar-refractivity contribution in [2.75, 3.05) is 33.4 Å². The summed E-state index contributed by atoms with van der Waals surface area (Å²) in [4.78, 5) is 33.5. The van der Waals surface area contributed by atoms with Gasteiger partial charge in [0, 0.05) is 42.1 Å². The van der Waals surface area contributed by atoms with Crippen molar-refractivity contribution >= 4 is 29.6 Å². The molecule has 1 rings (SSSR count). The van der Waals surface area contributed by atoms with E-state index in [9.17, 15) is 34.4 Å². The van der Waals surface area contributed by atoms with Gasteiger partial charge >= 0.3 is 6.09 Å². The number of aliphatic hydroxyl groups is 1. The first-order valence-corrected chi connectivity index (χ1v) is 11.9. The van der Waals surface area contributed by atoms with Crippen LogP contribution in [0.15, 0.2) is 29.2 Å². The van der Waals surface area contributed by atoms with E-state index in [-0.39, 0.29) is 38.2 Å². The first-order chi connectivity index (χ1) is 16.6. The quantitative estimate of drug-likeness (QED) is 0.145. The second kappa shape index (κ2) is 16.2. The minimum atomic E-state index is -1.41. The molecule has 0 radical (unpaired) electrons. The summed E-state index contributed by atoms with van der Waals surface area (Å²) in [6.07, 6.45) is -1.30. The van der Waals surface area contributed by atoms with E-state index in [0.29, 0.717) is 23.8 Å². The van der Waals surface area contributed by atoms with Crippen molar-refractivity contribution in [3.8, 4) is 0 Å². The van der Waals surface area contributed by atoms with E-state index < -0.39 is 29.1 Å². The predicted molar refractivity (Wildman–Crippen MR) is 127 cm³/mol. The molecule has 1 aromatic rings. The molecule has 0 aliphatic carbocycles. The fourth-order valence-corrected chi connectivity index (χ4v) is 3.66. The maximum atomic E-state index is 14.4. The molecule has 0 bridgehead atoms. The molecule has 2 unspecified atom stereocenters. The molecule has 0 saturated heterocycles. The molecule has 0 saturated carbocycles. The molecule has 14 heteroatoms. The zero-order chi connectivity index (χ0) is 26.4. The highest BCUT2D eigenvalue weighted by atomic mass is 32.2. The summed E-state index contributed by atoms with van der Waals surface area (Å²) in [7, 11) is 1.16. The summed E-state index contributed by atoms with van der Waals surface area (Å²) >= 11 is 0.911. The summed E-state index contributed by atoms with van der Waals surface area (Å²) in [5, 5.41) is 37.6. The lowest BCUT2D eigenvalue weighted by Crippen LogP contribution is -2.47. The third kappa shape index (κ3) is 12.1. The van der Waals surface area contributed by atoms with Crippen molar-refractivity contribution in [1.29, 1.82) is 0 Å². The van der Waals surface area contributed by atoms with Crippen LogP contribution in [0.1, 0.15) is 33.1 Å². The number of hydrazine groups is 1. The van der Waals surface area contributed by atoms with Crippen molar-refractivity contribution in [3.05, 3.63) is 34.4 Å². The van der Waals surface area contributed by atoms with Crippen molar-refractivity contribution in [1.82, 2.24) is 20.2 Å². The van der Waals surface area contributed by atoms with E-state index in [4.69, 9.17) is 0 Å². The number of carbonyl (C=O) groups is 2. The number of hydrogen-bond acceptors (Lipinski definition) is 10. The summed E-state index contributed by atoms with van der Waals surface area (Å²) in [5.41, 5.74) is -0.0779. The zero-order valence-electron chi connectivity index (χ0n) is 20.1. The Kier molecular flexibility index (Phi) is 14.1. The molecule has 1 aromatic carbocycles. The predicted octanol–water partition coefficient (Wildman–Crippen LogP) is 2.51. The molecule has 0 aliphatic rings. The maximum absolute atomic E-state index is 14.4. The smallest absolute Gasteiger partial charge is 0.407 e. The van der Waals surface area contributed by atoms with E-state index in [2.05, 4.69) is 15.4 Å². The van der Waals surface area contributed by atoms with Gasteiger partial charge in [-0.15, -0.1) is 0 Å². The van der Waals surface area contributed by atoms with Crippen LogP contribution >= 0.6 is 11.9 Å². The fourth-order valence-electron chi connectivity index (χ4n) is 2.90. The number of benzene rings is 1. The highest BCUT2D eigenvalue weighted by Gasteiger charge is 2.26. The van der Waals surface area contributed by atoms with Crippen molar-refractivity contribution in [3.63, 3.8) is 0 Å². The van der Waals surface area contributed by atoms with Crippen molar-refractivity contribution < 1.29 is 34.0 Å². The van der Waals surface area contributed by atoms with Crippen LogP contribution in [0.25, 0.3) is 0 Å². The maximum Gasteiger partial charge on any atom is 0.407 e. The number of nitrogens with one attached hydrogen (secondary N) is 2. The summed E-state index contributed by atoms with van der Waals surface area (Å²) in [6.45, 7) is 3.43. The Balaban J connectivity index is 2.69. The van der Waals surface area contributed by atoms with Crippen LogP contribution in [-0.4, -0.2) is 82.4 Å². The highest BCUT2D eigenvalue weighted by Crippen LogP contribution is 2.27. The SMILES string of the molecule is COC(=O)NCC(=O)NCC(F)CCC(CO)N(CCC(C)C)N(O)Sc1ccc([N+](=O)[O-])cc1. The van der Waals surface area contributed by atoms with Crippen LogP contribution in [0.5, 0.6) is 0 Å². The second-order valence-corrected chi connectivity index (χ2v) is 9.08. The number of nitrogens with zero attached hydrogens (tertiary/aromatic N) is 3. The number of halogens is 1. The second-order valence-electron chi connectivity index (χ2n) is 8.10. The summed E-state index contributed by atoms with van der Waals surface area (Å²) < 4.78 is 19.6. The Morgan fingerprint density at radius 3 is 2.40 bits per heavy atom. The molecule has 12 nitrogen and oxygen atoms in total. The first-order valence-electron chi connectivity index (χ1n) is 11.1. The Bertz CT molecular complexity index is 803. The number of alkyl carbamates (subject to hydrolysis) is 1. The summed E-state index contributed by atoms with van der Waals surface area (Å²) in [5.74, 6) is -0.270. The van der Waals surface area contributed by atoms with Gasteiger partial charge in [0.05, 0.1) is 31.2 Å².